The Kier molecular flexibility index (Phi) is 2.90. The fraction of sp³-hybridized carbons (Fsp3) is 0.176. The Hall–Kier alpha value is -2.42. The fourth-order valence-corrected chi connectivity index (χ4v) is 2.65. The molecule has 0 radical (unpaired) electrons. The van der Waals surface area contributed by atoms with Crippen LogP contribution in [-0.2, 0) is 0 Å². The Morgan fingerprint density at radius 1 is 1.10 bits per heavy atom. The summed E-state index contributed by atoms with van der Waals surface area (Å²) in [5.41, 5.74) is 3.28. The van der Waals surface area contributed by atoms with Gasteiger partial charge in [-0.1, -0.05) is 41.6 Å². The van der Waals surface area contributed by atoms with Gasteiger partial charge in [-0.05, 0) is 37.1 Å². The molecule has 0 spiro atoms. The molecule has 0 N–H and O–H groups in total. The lowest BCUT2D eigenvalue weighted by Gasteiger charge is -2.08. The molecule has 20 heavy (non-hydrogen) atoms. The highest BCUT2D eigenvalue weighted by atomic mass is 16.5. The van der Waals surface area contributed by atoms with Crippen molar-refractivity contribution in [1.29, 1.82) is 0 Å². The zero-order valence-electron chi connectivity index (χ0n) is 11.7. The van der Waals surface area contributed by atoms with Gasteiger partial charge in [-0.25, -0.2) is 0 Å². The van der Waals surface area contributed by atoms with Crippen molar-refractivity contribution >= 4 is 16.6 Å². The fourth-order valence-electron chi connectivity index (χ4n) is 2.65. The first kappa shape index (κ1) is 12.6. The first-order valence-electron chi connectivity index (χ1n) is 6.55. The van der Waals surface area contributed by atoms with Crippen molar-refractivity contribution in [2.24, 2.45) is 0 Å². The number of carbonyl (C=O) groups is 1. The van der Waals surface area contributed by atoms with Crippen LogP contribution in [0.3, 0.4) is 0 Å². The summed E-state index contributed by atoms with van der Waals surface area (Å²) < 4.78 is 5.24. The van der Waals surface area contributed by atoms with Gasteiger partial charge < -0.3 is 4.52 Å². The first-order valence-corrected chi connectivity index (χ1v) is 6.55. The average Bonchev–Trinajstić information content (AvgIpc) is 2.80. The van der Waals surface area contributed by atoms with Crippen molar-refractivity contribution in [3.63, 3.8) is 0 Å². The number of ketones is 1. The molecule has 1 heterocycles. The highest BCUT2D eigenvalue weighted by molar-refractivity contribution is 6.06. The number of hydrogen-bond donors (Lipinski definition) is 0. The number of carbonyl (C=O) groups excluding carboxylic acids is 1. The maximum atomic E-state index is 11.9. The van der Waals surface area contributed by atoms with Gasteiger partial charge in [0.2, 0.25) is 0 Å². The number of aromatic nitrogens is 1. The van der Waals surface area contributed by atoms with Crippen molar-refractivity contribution in [3.8, 4) is 11.3 Å². The van der Waals surface area contributed by atoms with Crippen molar-refractivity contribution in [1.82, 2.24) is 5.16 Å². The Balaban J connectivity index is 2.41. The third-order valence-electron chi connectivity index (χ3n) is 3.59. The maximum Gasteiger partial charge on any atom is 0.165 e. The van der Waals surface area contributed by atoms with Gasteiger partial charge in [-0.3, -0.25) is 4.79 Å². The van der Waals surface area contributed by atoms with Gasteiger partial charge in [0.25, 0.3) is 0 Å². The molecule has 0 saturated heterocycles. The van der Waals surface area contributed by atoms with Gasteiger partial charge >= 0.3 is 0 Å². The molecule has 0 bridgehead atoms. The van der Waals surface area contributed by atoms with E-state index in [1.165, 1.54) is 0 Å². The number of hydrogen-bond acceptors (Lipinski definition) is 3. The lowest BCUT2D eigenvalue weighted by molar-refractivity contribution is 0.101. The van der Waals surface area contributed by atoms with Crippen LogP contribution in [0.5, 0.6) is 0 Å². The van der Waals surface area contributed by atoms with Crippen LogP contribution in [0.1, 0.15) is 28.6 Å². The van der Waals surface area contributed by atoms with Gasteiger partial charge in [-0.15, -0.1) is 0 Å². The molecule has 100 valence electrons. The van der Waals surface area contributed by atoms with Crippen molar-refractivity contribution in [2.45, 2.75) is 20.8 Å². The van der Waals surface area contributed by atoms with E-state index in [-0.39, 0.29) is 5.78 Å². The van der Waals surface area contributed by atoms with E-state index in [0.29, 0.717) is 17.0 Å². The molecule has 3 nitrogen and oxygen atoms in total. The number of Topliss-reactive ketones (excluding diaryl/α,β-unsaturated/α-hetero) is 1. The second-order valence-electron chi connectivity index (χ2n) is 5.00. The standard InChI is InChI=1S/C17H15NO2/c1-10-8-9-13-6-4-5-7-14(13)15(10)17-16(11(2)19)12(3)20-18-17/h4-9H,1-3H3. The normalized spacial score (nSPS) is 10.9. The van der Waals surface area contributed by atoms with Crippen LogP contribution in [0, 0.1) is 13.8 Å². The van der Waals surface area contributed by atoms with Crippen molar-refractivity contribution < 1.29 is 9.32 Å². The topological polar surface area (TPSA) is 43.1 Å². The van der Waals surface area contributed by atoms with Crippen LogP contribution in [0.4, 0.5) is 0 Å². The smallest absolute Gasteiger partial charge is 0.165 e. The van der Waals surface area contributed by atoms with Gasteiger partial charge in [0.15, 0.2) is 5.78 Å². The van der Waals surface area contributed by atoms with Crippen molar-refractivity contribution in [3.05, 3.63) is 53.3 Å². The number of nitrogens with zero attached hydrogens (tertiary/aromatic N) is 1. The largest absolute Gasteiger partial charge is 0.360 e. The molecule has 0 aliphatic rings. The van der Waals surface area contributed by atoms with Gasteiger partial charge in [0.05, 0.1) is 5.56 Å². The quantitative estimate of drug-likeness (QED) is 0.648. The monoisotopic (exact) mass is 265 g/mol. The van der Waals surface area contributed by atoms with E-state index in [0.717, 1.165) is 21.9 Å². The molecule has 0 saturated carbocycles. The number of aryl methyl sites for hydroxylation is 2. The lowest BCUT2D eigenvalue weighted by atomic mass is 9.94. The summed E-state index contributed by atoms with van der Waals surface area (Å²) in [6.45, 7) is 5.34. The molecular formula is C17H15NO2. The van der Waals surface area contributed by atoms with E-state index in [1.54, 1.807) is 13.8 Å². The van der Waals surface area contributed by atoms with Crippen LogP contribution < -0.4 is 0 Å². The van der Waals surface area contributed by atoms with Gasteiger partial charge in [0, 0.05) is 5.56 Å². The summed E-state index contributed by atoms with van der Waals surface area (Å²) in [4.78, 5) is 11.9. The number of benzene rings is 2. The molecule has 3 heteroatoms. The van der Waals surface area contributed by atoms with E-state index in [2.05, 4.69) is 17.3 Å². The molecule has 0 fully saturated rings. The minimum atomic E-state index is -0.0221. The minimum Gasteiger partial charge on any atom is -0.360 e. The zero-order chi connectivity index (χ0) is 14.3. The predicted octanol–water partition coefficient (Wildman–Crippen LogP) is 4.31. The van der Waals surface area contributed by atoms with Gasteiger partial charge in [0.1, 0.15) is 11.5 Å². The molecule has 2 aromatic carbocycles. The molecular weight excluding hydrogens is 250 g/mol. The molecule has 0 atom stereocenters. The minimum absolute atomic E-state index is 0.0221. The number of fused-ring (bicyclic) bond motifs is 1. The van der Waals surface area contributed by atoms with E-state index in [4.69, 9.17) is 4.52 Å². The second kappa shape index (κ2) is 4.60. The molecule has 0 aliphatic heterocycles. The Morgan fingerprint density at radius 2 is 1.85 bits per heavy atom. The third kappa shape index (κ3) is 1.83. The Morgan fingerprint density at radius 3 is 2.60 bits per heavy atom. The molecule has 0 amide bonds. The van der Waals surface area contributed by atoms with E-state index < -0.39 is 0 Å². The Labute approximate surface area is 117 Å². The molecule has 0 unspecified atom stereocenters. The zero-order valence-corrected chi connectivity index (χ0v) is 11.7. The predicted molar refractivity (Wildman–Crippen MR) is 78.9 cm³/mol. The maximum absolute atomic E-state index is 11.9. The molecule has 0 aliphatic carbocycles. The highest BCUT2D eigenvalue weighted by Crippen LogP contribution is 2.34. The molecule has 3 rings (SSSR count). The summed E-state index contributed by atoms with van der Waals surface area (Å²) in [7, 11) is 0. The van der Waals surface area contributed by atoms with Crippen LogP contribution >= 0.6 is 0 Å². The summed E-state index contributed by atoms with van der Waals surface area (Å²) in [6.07, 6.45) is 0. The lowest BCUT2D eigenvalue weighted by Crippen LogP contribution is -1.97. The summed E-state index contributed by atoms with van der Waals surface area (Å²) >= 11 is 0. The second-order valence-corrected chi connectivity index (χ2v) is 5.00. The SMILES string of the molecule is CC(=O)c1c(-c2c(C)ccc3ccccc23)noc1C. The van der Waals surface area contributed by atoms with Gasteiger partial charge in [-0.2, -0.15) is 0 Å². The Bertz CT molecular complexity index is 815. The average molecular weight is 265 g/mol. The first-order chi connectivity index (χ1) is 9.59. The summed E-state index contributed by atoms with van der Waals surface area (Å²) in [5.74, 6) is 0.547. The van der Waals surface area contributed by atoms with Crippen LogP contribution in [0.2, 0.25) is 0 Å². The van der Waals surface area contributed by atoms with Crippen LogP contribution in [0.15, 0.2) is 40.9 Å². The van der Waals surface area contributed by atoms with Crippen LogP contribution in [0.25, 0.3) is 22.0 Å². The third-order valence-corrected chi connectivity index (χ3v) is 3.59. The number of rotatable bonds is 2. The van der Waals surface area contributed by atoms with E-state index >= 15 is 0 Å². The van der Waals surface area contributed by atoms with E-state index in [1.807, 2.05) is 31.2 Å². The van der Waals surface area contributed by atoms with Crippen LogP contribution in [-0.4, -0.2) is 10.9 Å². The molecule has 3 aromatic rings. The summed E-state index contributed by atoms with van der Waals surface area (Å²) in [5, 5.41) is 6.34. The van der Waals surface area contributed by atoms with Crippen molar-refractivity contribution in [2.75, 3.05) is 0 Å². The van der Waals surface area contributed by atoms with E-state index in [9.17, 15) is 4.79 Å². The summed E-state index contributed by atoms with van der Waals surface area (Å²) in [6, 6.07) is 12.2. The highest BCUT2D eigenvalue weighted by Gasteiger charge is 2.21. The molecule has 1 aromatic heterocycles.